The Balaban J connectivity index is 1.47. The summed E-state index contributed by atoms with van der Waals surface area (Å²) in [6.07, 6.45) is 1.62. The van der Waals surface area contributed by atoms with Crippen LogP contribution in [0, 0.1) is 6.92 Å². The lowest BCUT2D eigenvalue weighted by Crippen LogP contribution is -2.20. The summed E-state index contributed by atoms with van der Waals surface area (Å²) in [5, 5.41) is 6.03. The summed E-state index contributed by atoms with van der Waals surface area (Å²) >= 11 is 0. The quantitative estimate of drug-likeness (QED) is 0.678. The van der Waals surface area contributed by atoms with Gasteiger partial charge in [-0.3, -0.25) is 4.79 Å². The number of carbonyl (C=O) groups excluding carboxylic acids is 1. The van der Waals surface area contributed by atoms with Crippen LogP contribution in [0.25, 0.3) is 0 Å². The van der Waals surface area contributed by atoms with Crippen LogP contribution < -0.4 is 15.4 Å². The van der Waals surface area contributed by atoms with E-state index in [0.29, 0.717) is 18.0 Å². The van der Waals surface area contributed by atoms with E-state index in [0.717, 1.165) is 5.82 Å². The molecule has 3 aromatic rings. The monoisotopic (exact) mass is 347 g/mol. The number of nitrogens with zero attached hydrogens (tertiary/aromatic N) is 1. The van der Waals surface area contributed by atoms with E-state index in [1.165, 1.54) is 11.1 Å². The highest BCUT2D eigenvalue weighted by atomic mass is 16.5. The number of amides is 1. The summed E-state index contributed by atoms with van der Waals surface area (Å²) in [6, 6.07) is 21.2. The van der Waals surface area contributed by atoms with E-state index in [4.69, 9.17) is 4.74 Å². The molecule has 0 saturated heterocycles. The molecule has 0 spiro atoms. The van der Waals surface area contributed by atoms with E-state index in [1.54, 1.807) is 6.20 Å². The number of anilines is 2. The van der Waals surface area contributed by atoms with Gasteiger partial charge in [0.1, 0.15) is 11.6 Å². The normalized spacial score (nSPS) is 10.2. The number of hydrogen-bond donors (Lipinski definition) is 2. The molecule has 5 nitrogen and oxygen atoms in total. The predicted octanol–water partition coefficient (Wildman–Crippen LogP) is 4.02. The maximum absolute atomic E-state index is 11.9. The largest absolute Gasteiger partial charge is 0.484 e. The number of rotatable bonds is 7. The summed E-state index contributed by atoms with van der Waals surface area (Å²) in [4.78, 5) is 16.3. The molecule has 1 aromatic heterocycles. The van der Waals surface area contributed by atoms with Crippen LogP contribution in [0.15, 0.2) is 72.9 Å². The fourth-order valence-electron chi connectivity index (χ4n) is 2.45. The summed E-state index contributed by atoms with van der Waals surface area (Å²) in [5.41, 5.74) is 3.06. The highest BCUT2D eigenvalue weighted by Gasteiger charge is 2.04. The zero-order valence-corrected chi connectivity index (χ0v) is 14.6. The van der Waals surface area contributed by atoms with Crippen LogP contribution in [-0.2, 0) is 11.3 Å². The molecule has 2 N–H and O–H groups in total. The topological polar surface area (TPSA) is 63.2 Å². The molecule has 2 aromatic carbocycles. The number of carbonyl (C=O) groups is 1. The molecule has 0 aliphatic rings. The van der Waals surface area contributed by atoms with Crippen LogP contribution in [0.3, 0.4) is 0 Å². The van der Waals surface area contributed by atoms with Gasteiger partial charge in [-0.1, -0.05) is 48.0 Å². The van der Waals surface area contributed by atoms with E-state index in [2.05, 4.69) is 40.7 Å². The second kappa shape index (κ2) is 8.67. The van der Waals surface area contributed by atoms with Crippen LogP contribution >= 0.6 is 0 Å². The van der Waals surface area contributed by atoms with Gasteiger partial charge in [0.25, 0.3) is 5.91 Å². The van der Waals surface area contributed by atoms with Gasteiger partial charge in [0.05, 0.1) is 11.9 Å². The van der Waals surface area contributed by atoms with Crippen molar-refractivity contribution in [2.75, 3.05) is 17.2 Å². The van der Waals surface area contributed by atoms with Crippen molar-refractivity contribution in [1.29, 1.82) is 0 Å². The Morgan fingerprint density at radius 3 is 2.62 bits per heavy atom. The number of aromatic nitrogens is 1. The zero-order chi connectivity index (χ0) is 18.2. The minimum atomic E-state index is -0.226. The number of benzene rings is 2. The van der Waals surface area contributed by atoms with E-state index < -0.39 is 0 Å². The van der Waals surface area contributed by atoms with Crippen LogP contribution in [0.4, 0.5) is 11.5 Å². The number of nitrogens with one attached hydrogen (secondary N) is 2. The highest BCUT2D eigenvalue weighted by Crippen LogP contribution is 2.12. The van der Waals surface area contributed by atoms with Crippen LogP contribution in [-0.4, -0.2) is 17.5 Å². The average Bonchev–Trinajstić information content (AvgIpc) is 2.67. The molecular formula is C21H21N3O2. The van der Waals surface area contributed by atoms with Crippen molar-refractivity contribution < 1.29 is 9.53 Å². The molecule has 1 amide bonds. The first-order valence-corrected chi connectivity index (χ1v) is 8.42. The van der Waals surface area contributed by atoms with Crippen molar-refractivity contribution in [2.45, 2.75) is 13.5 Å². The van der Waals surface area contributed by atoms with Crippen molar-refractivity contribution >= 4 is 17.4 Å². The maximum atomic E-state index is 11.9. The van der Waals surface area contributed by atoms with E-state index in [9.17, 15) is 4.79 Å². The minimum Gasteiger partial charge on any atom is -0.484 e. The fourth-order valence-corrected chi connectivity index (χ4v) is 2.45. The molecule has 0 atom stereocenters. The van der Waals surface area contributed by atoms with E-state index in [1.807, 2.05) is 48.5 Å². The lowest BCUT2D eigenvalue weighted by atomic mass is 10.1. The van der Waals surface area contributed by atoms with Crippen LogP contribution in [0.2, 0.25) is 0 Å². The summed E-state index contributed by atoms with van der Waals surface area (Å²) in [7, 11) is 0. The first kappa shape index (κ1) is 17.5. The van der Waals surface area contributed by atoms with E-state index in [-0.39, 0.29) is 12.5 Å². The number of aryl methyl sites for hydroxylation is 1. The average molecular weight is 347 g/mol. The lowest BCUT2D eigenvalue weighted by molar-refractivity contribution is -0.118. The molecule has 0 unspecified atom stereocenters. The highest BCUT2D eigenvalue weighted by molar-refractivity contribution is 5.91. The SMILES string of the molecule is Cc1cccc(CNc2ccc(NC(=O)COc3ccccc3)cn2)c1. The van der Waals surface area contributed by atoms with Gasteiger partial charge in [0.15, 0.2) is 6.61 Å². The molecule has 0 aliphatic carbocycles. The molecule has 26 heavy (non-hydrogen) atoms. The zero-order valence-electron chi connectivity index (χ0n) is 14.6. The van der Waals surface area contributed by atoms with Crippen LogP contribution in [0.1, 0.15) is 11.1 Å². The molecule has 0 saturated carbocycles. The van der Waals surface area contributed by atoms with Gasteiger partial charge in [-0.05, 0) is 36.8 Å². The molecular weight excluding hydrogens is 326 g/mol. The molecule has 5 heteroatoms. The van der Waals surface area contributed by atoms with Crippen molar-refractivity contribution in [2.24, 2.45) is 0 Å². The molecule has 0 aliphatic heterocycles. The number of para-hydroxylation sites is 1. The molecule has 1 heterocycles. The molecule has 132 valence electrons. The molecule has 0 fully saturated rings. The van der Waals surface area contributed by atoms with Crippen molar-refractivity contribution in [3.63, 3.8) is 0 Å². The standard InChI is InChI=1S/C21H21N3O2/c1-16-6-5-7-17(12-16)13-22-20-11-10-18(14-23-20)24-21(25)15-26-19-8-3-2-4-9-19/h2-12,14H,13,15H2,1H3,(H,22,23)(H,24,25). The third-order valence-corrected chi connectivity index (χ3v) is 3.72. The van der Waals surface area contributed by atoms with Crippen molar-refractivity contribution in [3.05, 3.63) is 84.1 Å². The van der Waals surface area contributed by atoms with Gasteiger partial charge in [-0.25, -0.2) is 4.98 Å². The first-order valence-electron chi connectivity index (χ1n) is 8.42. The Hall–Kier alpha value is -3.34. The van der Waals surface area contributed by atoms with Crippen molar-refractivity contribution in [3.8, 4) is 5.75 Å². The Labute approximate surface area is 153 Å². The lowest BCUT2D eigenvalue weighted by Gasteiger charge is -2.09. The maximum Gasteiger partial charge on any atom is 0.262 e. The van der Waals surface area contributed by atoms with Gasteiger partial charge in [-0.2, -0.15) is 0 Å². The summed E-state index contributed by atoms with van der Waals surface area (Å²) in [6.45, 7) is 2.73. The summed E-state index contributed by atoms with van der Waals surface area (Å²) < 4.78 is 5.42. The Kier molecular flexibility index (Phi) is 5.83. The van der Waals surface area contributed by atoms with Crippen molar-refractivity contribution in [1.82, 2.24) is 4.98 Å². The van der Waals surface area contributed by atoms with Gasteiger partial charge in [0, 0.05) is 6.54 Å². The van der Waals surface area contributed by atoms with Gasteiger partial charge in [0.2, 0.25) is 0 Å². The van der Waals surface area contributed by atoms with Gasteiger partial charge in [-0.15, -0.1) is 0 Å². The Morgan fingerprint density at radius 2 is 1.88 bits per heavy atom. The predicted molar refractivity (Wildman–Crippen MR) is 103 cm³/mol. The third-order valence-electron chi connectivity index (χ3n) is 3.72. The second-order valence-electron chi connectivity index (χ2n) is 5.92. The summed E-state index contributed by atoms with van der Waals surface area (Å²) in [5.74, 6) is 1.19. The second-order valence-corrected chi connectivity index (χ2v) is 5.92. The van der Waals surface area contributed by atoms with E-state index >= 15 is 0 Å². The third kappa shape index (κ3) is 5.34. The number of pyridine rings is 1. The van der Waals surface area contributed by atoms with Crippen LogP contribution in [0.5, 0.6) is 5.75 Å². The molecule has 3 rings (SSSR count). The van der Waals surface area contributed by atoms with Gasteiger partial charge < -0.3 is 15.4 Å². The molecule has 0 radical (unpaired) electrons. The number of hydrogen-bond acceptors (Lipinski definition) is 4. The molecule has 0 bridgehead atoms. The minimum absolute atomic E-state index is 0.0443. The Morgan fingerprint density at radius 1 is 1.04 bits per heavy atom. The van der Waals surface area contributed by atoms with Gasteiger partial charge >= 0.3 is 0 Å². The Bertz CT molecular complexity index is 849. The first-order chi connectivity index (χ1) is 12.7. The number of ether oxygens (including phenoxy) is 1. The fraction of sp³-hybridized carbons (Fsp3) is 0.143. The smallest absolute Gasteiger partial charge is 0.262 e.